The summed E-state index contributed by atoms with van der Waals surface area (Å²) in [6, 6.07) is 3.93. The third-order valence-electron chi connectivity index (χ3n) is 4.75. The van der Waals surface area contributed by atoms with E-state index >= 15 is 0 Å². The lowest BCUT2D eigenvalue weighted by Crippen LogP contribution is -2.47. The molecule has 132 valence electrons. The Morgan fingerprint density at radius 1 is 1.00 bits per heavy atom. The number of aromatic nitrogens is 8. The Kier molecular flexibility index (Phi) is 3.40. The van der Waals surface area contributed by atoms with Crippen molar-refractivity contribution in [2.75, 3.05) is 36.0 Å². The largest absolute Gasteiger partial charge is 0.352 e. The van der Waals surface area contributed by atoms with E-state index in [1.807, 2.05) is 28.9 Å². The average Bonchev–Trinajstić information content (AvgIpc) is 3.33. The summed E-state index contributed by atoms with van der Waals surface area (Å²) in [6.07, 6.45) is 6.21. The summed E-state index contributed by atoms with van der Waals surface area (Å²) in [4.78, 5) is 9.08. The second kappa shape index (κ2) is 5.90. The van der Waals surface area contributed by atoms with Crippen LogP contribution in [0.15, 0.2) is 30.9 Å². The molecule has 5 rings (SSSR count). The molecule has 0 amide bonds. The Morgan fingerprint density at radius 2 is 1.85 bits per heavy atom. The molecule has 4 aromatic rings. The van der Waals surface area contributed by atoms with Crippen molar-refractivity contribution in [1.29, 1.82) is 0 Å². The molecule has 10 heteroatoms. The van der Waals surface area contributed by atoms with E-state index in [0.717, 1.165) is 61.4 Å². The first-order valence-electron chi connectivity index (χ1n) is 8.69. The molecule has 5 heterocycles. The normalized spacial score (nSPS) is 15.3. The average molecular weight is 350 g/mol. The lowest BCUT2D eigenvalue weighted by molar-refractivity contribution is 0.636. The third kappa shape index (κ3) is 2.33. The van der Waals surface area contributed by atoms with Gasteiger partial charge in [-0.3, -0.25) is 4.40 Å². The van der Waals surface area contributed by atoms with Crippen LogP contribution in [-0.4, -0.2) is 65.6 Å². The number of fused-ring (bicyclic) bond motifs is 2. The standard InChI is InChI=1S/C16H18N10/c1-2-12-20-21-16-15(17-5-6-25(12)16)24-9-7-23(8-10-24)14-4-3-13-19-18-11-26(13)22-14/h3-6,11H,2,7-10H2,1H3. The highest BCUT2D eigenvalue weighted by Crippen LogP contribution is 2.21. The van der Waals surface area contributed by atoms with Gasteiger partial charge in [0.2, 0.25) is 5.65 Å². The molecule has 0 spiro atoms. The number of hydrogen-bond acceptors (Lipinski definition) is 8. The van der Waals surface area contributed by atoms with Gasteiger partial charge in [-0.1, -0.05) is 6.92 Å². The van der Waals surface area contributed by atoms with E-state index in [-0.39, 0.29) is 0 Å². The first-order valence-corrected chi connectivity index (χ1v) is 8.69. The van der Waals surface area contributed by atoms with Crippen LogP contribution in [0.25, 0.3) is 11.3 Å². The number of aryl methyl sites for hydroxylation is 1. The van der Waals surface area contributed by atoms with E-state index in [2.05, 4.69) is 47.2 Å². The molecule has 0 atom stereocenters. The summed E-state index contributed by atoms with van der Waals surface area (Å²) >= 11 is 0. The summed E-state index contributed by atoms with van der Waals surface area (Å²) < 4.78 is 3.72. The number of hydrogen-bond donors (Lipinski definition) is 0. The highest BCUT2D eigenvalue weighted by molar-refractivity contribution is 5.64. The first-order chi connectivity index (χ1) is 12.8. The summed E-state index contributed by atoms with van der Waals surface area (Å²) in [5.74, 6) is 2.77. The van der Waals surface area contributed by atoms with Crippen LogP contribution in [0.4, 0.5) is 11.6 Å². The molecule has 10 nitrogen and oxygen atoms in total. The zero-order chi connectivity index (χ0) is 17.5. The fraction of sp³-hybridized carbons (Fsp3) is 0.375. The van der Waals surface area contributed by atoms with Crippen molar-refractivity contribution in [3.05, 3.63) is 36.7 Å². The van der Waals surface area contributed by atoms with Crippen LogP contribution in [0, 0.1) is 0 Å². The number of rotatable bonds is 3. The summed E-state index contributed by atoms with van der Waals surface area (Å²) in [5.41, 5.74) is 1.57. The first kappa shape index (κ1) is 15.0. The molecular formula is C16H18N10. The van der Waals surface area contributed by atoms with Gasteiger partial charge in [-0.05, 0) is 12.1 Å². The lowest BCUT2D eigenvalue weighted by atomic mass is 10.3. The van der Waals surface area contributed by atoms with E-state index in [9.17, 15) is 0 Å². The quantitative estimate of drug-likeness (QED) is 0.526. The maximum absolute atomic E-state index is 4.58. The minimum Gasteiger partial charge on any atom is -0.352 e. The molecule has 1 fully saturated rings. The molecule has 0 N–H and O–H groups in total. The van der Waals surface area contributed by atoms with Gasteiger partial charge < -0.3 is 9.80 Å². The predicted molar refractivity (Wildman–Crippen MR) is 95.4 cm³/mol. The fourth-order valence-corrected chi connectivity index (χ4v) is 3.36. The summed E-state index contributed by atoms with van der Waals surface area (Å²) in [7, 11) is 0. The molecule has 0 saturated carbocycles. The molecule has 0 bridgehead atoms. The topological polar surface area (TPSA) is 92.6 Å². The van der Waals surface area contributed by atoms with Crippen molar-refractivity contribution in [3.63, 3.8) is 0 Å². The summed E-state index contributed by atoms with van der Waals surface area (Å²) in [5, 5.41) is 21.1. The van der Waals surface area contributed by atoms with Crippen LogP contribution in [-0.2, 0) is 6.42 Å². The van der Waals surface area contributed by atoms with Crippen LogP contribution in [0.2, 0.25) is 0 Å². The zero-order valence-corrected chi connectivity index (χ0v) is 14.4. The van der Waals surface area contributed by atoms with E-state index in [1.54, 1.807) is 10.8 Å². The van der Waals surface area contributed by atoms with Gasteiger partial charge in [0.05, 0.1) is 0 Å². The van der Waals surface area contributed by atoms with Gasteiger partial charge in [0.25, 0.3) is 0 Å². The van der Waals surface area contributed by atoms with Crippen molar-refractivity contribution in [1.82, 2.24) is 39.4 Å². The van der Waals surface area contributed by atoms with Gasteiger partial charge in [0.15, 0.2) is 11.5 Å². The minimum atomic E-state index is 0.752. The highest BCUT2D eigenvalue weighted by atomic mass is 15.4. The van der Waals surface area contributed by atoms with Gasteiger partial charge in [-0.2, -0.15) is 4.52 Å². The van der Waals surface area contributed by atoms with Crippen LogP contribution >= 0.6 is 0 Å². The molecule has 26 heavy (non-hydrogen) atoms. The van der Waals surface area contributed by atoms with Crippen molar-refractivity contribution in [2.24, 2.45) is 0 Å². The van der Waals surface area contributed by atoms with Gasteiger partial charge in [-0.15, -0.1) is 25.5 Å². The van der Waals surface area contributed by atoms with Gasteiger partial charge in [0, 0.05) is 45.0 Å². The Hall–Kier alpha value is -3.30. The molecular weight excluding hydrogens is 332 g/mol. The van der Waals surface area contributed by atoms with Crippen LogP contribution in [0.1, 0.15) is 12.7 Å². The van der Waals surface area contributed by atoms with Crippen LogP contribution in [0.5, 0.6) is 0 Å². The predicted octanol–water partition coefficient (Wildman–Crippen LogP) is 0.451. The number of nitrogens with zero attached hydrogens (tertiary/aromatic N) is 10. The monoisotopic (exact) mass is 350 g/mol. The Balaban J connectivity index is 1.38. The number of piperazine rings is 1. The summed E-state index contributed by atoms with van der Waals surface area (Å²) in [6.45, 7) is 5.50. The maximum Gasteiger partial charge on any atom is 0.203 e. The molecule has 1 aliphatic rings. The lowest BCUT2D eigenvalue weighted by Gasteiger charge is -2.35. The Morgan fingerprint density at radius 3 is 2.69 bits per heavy atom. The molecule has 0 aromatic carbocycles. The molecule has 1 saturated heterocycles. The van der Waals surface area contributed by atoms with Crippen molar-refractivity contribution >= 4 is 22.9 Å². The Bertz CT molecular complexity index is 1060. The second-order valence-corrected chi connectivity index (χ2v) is 6.21. The van der Waals surface area contributed by atoms with Crippen molar-refractivity contribution in [3.8, 4) is 0 Å². The van der Waals surface area contributed by atoms with Crippen molar-refractivity contribution in [2.45, 2.75) is 13.3 Å². The molecule has 0 unspecified atom stereocenters. The van der Waals surface area contributed by atoms with E-state index < -0.39 is 0 Å². The van der Waals surface area contributed by atoms with Gasteiger partial charge >= 0.3 is 0 Å². The molecule has 0 aliphatic carbocycles. The van der Waals surface area contributed by atoms with Crippen LogP contribution in [0.3, 0.4) is 0 Å². The second-order valence-electron chi connectivity index (χ2n) is 6.21. The smallest absolute Gasteiger partial charge is 0.203 e. The zero-order valence-electron chi connectivity index (χ0n) is 14.4. The minimum absolute atomic E-state index is 0.752. The Labute approximate surface area is 149 Å². The van der Waals surface area contributed by atoms with E-state index in [1.165, 1.54) is 0 Å². The SMILES string of the molecule is CCc1nnc2c(N3CCN(c4ccc5nncn5n4)CC3)nccn12. The van der Waals surface area contributed by atoms with Crippen molar-refractivity contribution < 1.29 is 0 Å². The van der Waals surface area contributed by atoms with Gasteiger partial charge in [0.1, 0.15) is 18.0 Å². The maximum atomic E-state index is 4.58. The van der Waals surface area contributed by atoms with Gasteiger partial charge in [-0.25, -0.2) is 4.98 Å². The third-order valence-corrected chi connectivity index (χ3v) is 4.75. The molecule has 4 aromatic heterocycles. The van der Waals surface area contributed by atoms with E-state index in [4.69, 9.17) is 0 Å². The fourth-order valence-electron chi connectivity index (χ4n) is 3.36. The molecule has 1 aliphatic heterocycles. The van der Waals surface area contributed by atoms with E-state index in [0.29, 0.717) is 0 Å². The van der Waals surface area contributed by atoms with Crippen LogP contribution < -0.4 is 9.80 Å². The highest BCUT2D eigenvalue weighted by Gasteiger charge is 2.22. The molecule has 0 radical (unpaired) electrons. The number of anilines is 2.